The van der Waals surface area contributed by atoms with Crippen molar-refractivity contribution in [3.8, 4) is 12.3 Å². The molecule has 92 valence electrons. The van der Waals surface area contributed by atoms with Gasteiger partial charge < -0.3 is 10.3 Å². The number of anilines is 1. The zero-order valence-electron chi connectivity index (χ0n) is 10.1. The summed E-state index contributed by atoms with van der Waals surface area (Å²) in [4.78, 5) is 28.8. The van der Waals surface area contributed by atoms with Gasteiger partial charge in [-0.1, -0.05) is 5.92 Å². The van der Waals surface area contributed by atoms with Crippen LogP contribution in [-0.2, 0) is 7.05 Å². The van der Waals surface area contributed by atoms with E-state index in [0.29, 0.717) is 0 Å². The van der Waals surface area contributed by atoms with E-state index in [1.54, 1.807) is 19.2 Å². The number of terminal acetylenes is 1. The fourth-order valence-corrected chi connectivity index (χ4v) is 2.35. The van der Waals surface area contributed by atoms with Crippen molar-refractivity contribution in [2.24, 2.45) is 7.05 Å². The van der Waals surface area contributed by atoms with Gasteiger partial charge in [-0.15, -0.1) is 6.42 Å². The maximum Gasteiger partial charge on any atom is 0.229 e. The minimum atomic E-state index is -0.332. The van der Waals surface area contributed by atoms with Crippen LogP contribution in [0.4, 0.5) is 5.82 Å². The van der Waals surface area contributed by atoms with Gasteiger partial charge in [0.2, 0.25) is 5.78 Å². The van der Waals surface area contributed by atoms with Gasteiger partial charge in [0.1, 0.15) is 17.2 Å². The largest absolute Gasteiger partial charge is 0.384 e. The number of pyridine rings is 1. The number of nitrogens with zero attached hydrogens (tertiary/aromatic N) is 2. The second kappa shape index (κ2) is 3.56. The summed E-state index contributed by atoms with van der Waals surface area (Å²) >= 11 is 0. The average Bonchev–Trinajstić information content (AvgIpc) is 2.69. The molecule has 2 aromatic heterocycles. The second-order valence-electron chi connectivity index (χ2n) is 4.25. The Morgan fingerprint density at radius 2 is 2.11 bits per heavy atom. The predicted molar refractivity (Wildman–Crippen MR) is 68.9 cm³/mol. The van der Waals surface area contributed by atoms with Gasteiger partial charge in [0.15, 0.2) is 5.78 Å². The molecule has 0 aliphatic heterocycles. The number of carbonyl (C=O) groups is 2. The molecule has 3 rings (SSSR count). The van der Waals surface area contributed by atoms with E-state index in [1.807, 2.05) is 0 Å². The molecule has 0 bridgehead atoms. The Bertz CT molecular complexity index is 794. The fourth-order valence-electron chi connectivity index (χ4n) is 2.35. The minimum Gasteiger partial charge on any atom is -0.384 e. The molecule has 5 heteroatoms. The van der Waals surface area contributed by atoms with Gasteiger partial charge in [0, 0.05) is 13.2 Å². The highest BCUT2D eigenvalue weighted by atomic mass is 16.1. The van der Waals surface area contributed by atoms with Crippen LogP contribution in [0.5, 0.6) is 0 Å². The number of aromatic nitrogens is 2. The molecule has 19 heavy (non-hydrogen) atoms. The van der Waals surface area contributed by atoms with Crippen LogP contribution >= 0.6 is 0 Å². The molecule has 0 aromatic carbocycles. The Hall–Kier alpha value is -2.87. The minimum absolute atomic E-state index is 0.143. The maximum atomic E-state index is 12.4. The molecule has 0 atom stereocenters. The lowest BCUT2D eigenvalue weighted by Gasteiger charge is -2.14. The Morgan fingerprint density at radius 3 is 2.79 bits per heavy atom. The van der Waals surface area contributed by atoms with E-state index in [0.717, 1.165) is 0 Å². The van der Waals surface area contributed by atoms with Crippen LogP contribution in [0.2, 0.25) is 0 Å². The van der Waals surface area contributed by atoms with Crippen molar-refractivity contribution in [2.75, 3.05) is 5.73 Å². The lowest BCUT2D eigenvalue weighted by molar-refractivity contribution is 0.0970. The lowest BCUT2D eigenvalue weighted by Crippen LogP contribution is -2.23. The van der Waals surface area contributed by atoms with Gasteiger partial charge in [-0.2, -0.15) is 0 Å². The summed E-state index contributed by atoms with van der Waals surface area (Å²) in [5.41, 5.74) is 6.94. The number of carbonyl (C=O) groups excluding carboxylic acids is 2. The molecule has 0 fully saturated rings. The summed E-state index contributed by atoms with van der Waals surface area (Å²) in [6.45, 7) is 0. The van der Waals surface area contributed by atoms with Crippen molar-refractivity contribution in [1.82, 2.24) is 9.55 Å². The number of hydrogen-bond acceptors (Lipinski definition) is 4. The van der Waals surface area contributed by atoms with Crippen LogP contribution in [0, 0.1) is 12.3 Å². The number of fused-ring (bicyclic) bond motifs is 2. The van der Waals surface area contributed by atoms with Crippen LogP contribution in [0.25, 0.3) is 0 Å². The van der Waals surface area contributed by atoms with Crippen molar-refractivity contribution in [3.05, 3.63) is 46.4 Å². The van der Waals surface area contributed by atoms with Crippen molar-refractivity contribution < 1.29 is 9.59 Å². The first-order valence-electron chi connectivity index (χ1n) is 5.57. The van der Waals surface area contributed by atoms with E-state index in [4.69, 9.17) is 12.2 Å². The summed E-state index contributed by atoms with van der Waals surface area (Å²) in [6, 6.07) is 3.17. The average molecular weight is 251 g/mol. The molecular weight excluding hydrogens is 242 g/mol. The van der Waals surface area contributed by atoms with Crippen molar-refractivity contribution in [3.63, 3.8) is 0 Å². The van der Waals surface area contributed by atoms with Crippen LogP contribution in [0.1, 0.15) is 37.7 Å². The third-order valence-electron chi connectivity index (χ3n) is 3.29. The zero-order chi connectivity index (χ0) is 13.7. The van der Waals surface area contributed by atoms with Crippen LogP contribution in [-0.4, -0.2) is 21.1 Å². The summed E-state index contributed by atoms with van der Waals surface area (Å²) in [6.07, 6.45) is 6.87. The molecule has 0 saturated heterocycles. The van der Waals surface area contributed by atoms with E-state index in [2.05, 4.69) is 10.9 Å². The molecule has 1 aliphatic rings. The summed E-state index contributed by atoms with van der Waals surface area (Å²) in [7, 11) is 1.61. The smallest absolute Gasteiger partial charge is 0.229 e. The first kappa shape index (κ1) is 11.2. The van der Waals surface area contributed by atoms with Crippen LogP contribution in [0.3, 0.4) is 0 Å². The lowest BCUT2D eigenvalue weighted by atomic mass is 9.89. The zero-order valence-corrected chi connectivity index (χ0v) is 10.1. The normalized spacial score (nSPS) is 12.8. The van der Waals surface area contributed by atoms with Gasteiger partial charge >= 0.3 is 0 Å². The molecule has 0 spiro atoms. The Kier molecular flexibility index (Phi) is 2.10. The summed E-state index contributed by atoms with van der Waals surface area (Å²) in [5, 5.41) is 0. The van der Waals surface area contributed by atoms with Crippen LogP contribution < -0.4 is 5.73 Å². The van der Waals surface area contributed by atoms with Crippen molar-refractivity contribution in [2.45, 2.75) is 0 Å². The molecule has 5 nitrogen and oxygen atoms in total. The number of nitrogens with two attached hydrogens (primary N) is 1. The quantitative estimate of drug-likeness (QED) is 0.598. The molecule has 0 amide bonds. The van der Waals surface area contributed by atoms with E-state index in [1.165, 1.54) is 10.8 Å². The van der Waals surface area contributed by atoms with Gasteiger partial charge in [-0.3, -0.25) is 14.6 Å². The first-order chi connectivity index (χ1) is 9.07. The number of nitrogen functional groups attached to an aromatic ring is 1. The topological polar surface area (TPSA) is 78.0 Å². The molecule has 0 saturated carbocycles. The SMILES string of the molecule is C#Cc1c2c(n(C)c1N)C(=O)c1ncccc1C2=O. The molecule has 2 aromatic rings. The third kappa shape index (κ3) is 1.23. The summed E-state index contributed by atoms with van der Waals surface area (Å²) in [5.74, 6) is 1.98. The monoisotopic (exact) mass is 251 g/mol. The highest BCUT2D eigenvalue weighted by Crippen LogP contribution is 2.32. The van der Waals surface area contributed by atoms with E-state index >= 15 is 0 Å². The standard InChI is InChI=1S/C14H9N3O2/c1-3-7-9-11(17(2)14(7)15)13(19)10-8(12(9)18)5-4-6-16-10/h1,4-6H,15H2,2H3. The molecule has 1 aliphatic carbocycles. The summed E-state index contributed by atoms with van der Waals surface area (Å²) < 4.78 is 1.45. The molecule has 0 unspecified atom stereocenters. The Balaban J connectivity index is 2.44. The third-order valence-corrected chi connectivity index (χ3v) is 3.29. The van der Waals surface area contributed by atoms with Gasteiger partial charge in [-0.05, 0) is 12.1 Å². The fraction of sp³-hybridized carbons (Fsp3) is 0.0714. The van der Waals surface area contributed by atoms with Gasteiger partial charge in [-0.25, -0.2) is 0 Å². The van der Waals surface area contributed by atoms with E-state index < -0.39 is 0 Å². The van der Waals surface area contributed by atoms with E-state index in [9.17, 15) is 9.59 Å². The van der Waals surface area contributed by atoms with Gasteiger partial charge in [0.25, 0.3) is 0 Å². The maximum absolute atomic E-state index is 12.4. The Morgan fingerprint density at radius 1 is 1.37 bits per heavy atom. The number of ketones is 2. The van der Waals surface area contributed by atoms with Crippen LogP contribution in [0.15, 0.2) is 18.3 Å². The number of rotatable bonds is 0. The second-order valence-corrected chi connectivity index (χ2v) is 4.25. The molecular formula is C14H9N3O2. The predicted octanol–water partition coefficient (Wildman–Crippen LogP) is 0.759. The first-order valence-corrected chi connectivity index (χ1v) is 5.57. The van der Waals surface area contributed by atoms with Crippen molar-refractivity contribution in [1.29, 1.82) is 0 Å². The number of hydrogen-bond donors (Lipinski definition) is 1. The molecule has 0 radical (unpaired) electrons. The van der Waals surface area contributed by atoms with E-state index in [-0.39, 0.29) is 45.5 Å². The van der Waals surface area contributed by atoms with Gasteiger partial charge in [0.05, 0.1) is 16.7 Å². The molecule has 2 N–H and O–H groups in total. The van der Waals surface area contributed by atoms with Crippen molar-refractivity contribution >= 4 is 17.4 Å². The Labute approximate surface area is 109 Å². The highest BCUT2D eigenvalue weighted by molar-refractivity contribution is 6.28. The highest BCUT2D eigenvalue weighted by Gasteiger charge is 2.36. The molecule has 2 heterocycles.